The zero-order chi connectivity index (χ0) is 15.9. The van der Waals surface area contributed by atoms with Gasteiger partial charge in [0.25, 0.3) is 0 Å². The Morgan fingerprint density at radius 1 is 0.864 bits per heavy atom. The summed E-state index contributed by atoms with van der Waals surface area (Å²) in [6.07, 6.45) is 1.84. The summed E-state index contributed by atoms with van der Waals surface area (Å²) in [7, 11) is 0. The highest BCUT2D eigenvalue weighted by atomic mass is 15.2. The minimum atomic E-state index is 0.689. The number of allylic oxidation sites excluding steroid dienone is 1. The summed E-state index contributed by atoms with van der Waals surface area (Å²) in [6, 6.07) is 18.1. The smallest absolute Gasteiger partial charge is 0.0671 e. The Kier molecular flexibility index (Phi) is 5.26. The monoisotopic (exact) mass is 291 g/mol. The van der Waals surface area contributed by atoms with Gasteiger partial charge in [0.15, 0.2) is 0 Å². The Hall–Kier alpha value is -2.68. The van der Waals surface area contributed by atoms with Gasteiger partial charge in [0, 0.05) is 5.70 Å². The molecule has 2 rings (SSSR count). The van der Waals surface area contributed by atoms with Crippen LogP contribution in [0.15, 0.2) is 70.9 Å². The predicted octanol–water partition coefficient (Wildman–Crippen LogP) is 4.18. The lowest BCUT2D eigenvalue weighted by molar-refractivity contribution is 1.22. The van der Waals surface area contributed by atoms with Gasteiger partial charge < -0.3 is 5.73 Å². The van der Waals surface area contributed by atoms with Crippen molar-refractivity contribution in [1.82, 2.24) is 0 Å². The maximum absolute atomic E-state index is 6.10. The minimum absolute atomic E-state index is 0.689. The molecule has 2 aromatic carbocycles. The zero-order valence-corrected chi connectivity index (χ0v) is 13.2. The van der Waals surface area contributed by atoms with Crippen molar-refractivity contribution in [3.05, 3.63) is 77.4 Å². The molecule has 0 saturated carbocycles. The van der Waals surface area contributed by atoms with Crippen LogP contribution in [0.4, 0.5) is 0 Å². The van der Waals surface area contributed by atoms with Gasteiger partial charge in [0.05, 0.1) is 11.4 Å². The van der Waals surface area contributed by atoms with Crippen LogP contribution in [-0.4, -0.2) is 11.4 Å². The molecular weight excluding hydrogens is 270 g/mol. The van der Waals surface area contributed by atoms with E-state index >= 15 is 0 Å². The van der Waals surface area contributed by atoms with Crippen LogP contribution in [0, 0.1) is 6.92 Å². The summed E-state index contributed by atoms with van der Waals surface area (Å²) in [5, 5.41) is 8.49. The first-order valence-electron chi connectivity index (χ1n) is 7.25. The van der Waals surface area contributed by atoms with Crippen molar-refractivity contribution in [3.63, 3.8) is 0 Å². The van der Waals surface area contributed by atoms with Crippen molar-refractivity contribution in [1.29, 1.82) is 0 Å². The van der Waals surface area contributed by atoms with Gasteiger partial charge in [-0.3, -0.25) is 0 Å². The van der Waals surface area contributed by atoms with Crippen LogP contribution in [0.2, 0.25) is 0 Å². The summed E-state index contributed by atoms with van der Waals surface area (Å²) < 4.78 is 0. The first kappa shape index (κ1) is 15.7. The molecule has 0 aliphatic heterocycles. The average Bonchev–Trinajstić information content (AvgIpc) is 2.54. The highest BCUT2D eigenvalue weighted by Crippen LogP contribution is 2.10. The van der Waals surface area contributed by atoms with Crippen LogP contribution in [-0.2, 0) is 0 Å². The number of hydrogen-bond acceptors (Lipinski definition) is 3. The molecule has 0 atom stereocenters. The minimum Gasteiger partial charge on any atom is -0.398 e. The summed E-state index contributed by atoms with van der Waals surface area (Å²) in [5.41, 5.74) is 11.7. The van der Waals surface area contributed by atoms with Crippen LogP contribution in [0.5, 0.6) is 0 Å². The molecule has 3 nitrogen and oxygen atoms in total. The fourth-order valence-electron chi connectivity index (χ4n) is 1.97. The molecule has 0 radical (unpaired) electrons. The Balaban J connectivity index is 2.15. The molecule has 112 valence electrons. The third kappa shape index (κ3) is 4.42. The van der Waals surface area contributed by atoms with E-state index in [-0.39, 0.29) is 0 Å². The summed E-state index contributed by atoms with van der Waals surface area (Å²) >= 11 is 0. The zero-order valence-electron chi connectivity index (χ0n) is 13.2. The molecule has 0 aliphatic carbocycles. The van der Waals surface area contributed by atoms with Crippen molar-refractivity contribution in [2.45, 2.75) is 20.8 Å². The van der Waals surface area contributed by atoms with Crippen LogP contribution >= 0.6 is 0 Å². The fraction of sp³-hybridized carbons (Fsp3) is 0.158. The number of rotatable bonds is 4. The van der Waals surface area contributed by atoms with Crippen molar-refractivity contribution in [3.8, 4) is 0 Å². The Labute approximate surface area is 131 Å². The van der Waals surface area contributed by atoms with E-state index in [1.807, 2.05) is 74.5 Å². The first-order chi connectivity index (χ1) is 10.6. The molecule has 3 heteroatoms. The average molecular weight is 291 g/mol. The molecule has 0 fully saturated rings. The van der Waals surface area contributed by atoms with E-state index in [9.17, 15) is 0 Å². The first-order valence-corrected chi connectivity index (χ1v) is 7.25. The van der Waals surface area contributed by atoms with Crippen LogP contribution in [0.3, 0.4) is 0 Å². The predicted molar refractivity (Wildman–Crippen MR) is 95.1 cm³/mol. The largest absolute Gasteiger partial charge is 0.398 e. The molecule has 0 saturated heterocycles. The highest BCUT2D eigenvalue weighted by molar-refractivity contribution is 6.01. The summed E-state index contributed by atoms with van der Waals surface area (Å²) in [5.74, 6) is 0. The standard InChI is InChI=1S/C19H21N3/c1-14-9-11-18(12-10-14)19(20)13-15(2)21-22-16(3)17-7-5-4-6-8-17/h4-13H,20H2,1-3H3/b19-13-,21-15+,22-16-. The third-order valence-electron chi connectivity index (χ3n) is 3.30. The Morgan fingerprint density at radius 2 is 1.50 bits per heavy atom. The molecule has 2 aromatic rings. The summed E-state index contributed by atoms with van der Waals surface area (Å²) in [4.78, 5) is 0. The second-order valence-corrected chi connectivity index (χ2v) is 5.26. The van der Waals surface area contributed by atoms with Gasteiger partial charge in [-0.1, -0.05) is 60.2 Å². The van der Waals surface area contributed by atoms with E-state index in [0.717, 1.165) is 22.6 Å². The Morgan fingerprint density at radius 3 is 2.14 bits per heavy atom. The van der Waals surface area contributed by atoms with Crippen molar-refractivity contribution in [2.75, 3.05) is 0 Å². The maximum atomic E-state index is 6.10. The fourth-order valence-corrected chi connectivity index (χ4v) is 1.97. The van der Waals surface area contributed by atoms with Crippen LogP contribution < -0.4 is 5.73 Å². The molecule has 0 unspecified atom stereocenters. The molecule has 2 N–H and O–H groups in total. The van der Waals surface area contributed by atoms with Crippen molar-refractivity contribution < 1.29 is 0 Å². The molecule has 0 amide bonds. The van der Waals surface area contributed by atoms with Crippen LogP contribution in [0.25, 0.3) is 5.70 Å². The van der Waals surface area contributed by atoms with Crippen LogP contribution in [0.1, 0.15) is 30.5 Å². The maximum Gasteiger partial charge on any atom is 0.0671 e. The number of nitrogens with zero attached hydrogens (tertiary/aromatic N) is 2. The molecule has 0 aliphatic rings. The van der Waals surface area contributed by atoms with Gasteiger partial charge in [0.2, 0.25) is 0 Å². The number of nitrogens with two attached hydrogens (primary N) is 1. The van der Waals surface area contributed by atoms with Gasteiger partial charge in [-0.25, -0.2) is 0 Å². The second-order valence-electron chi connectivity index (χ2n) is 5.26. The summed E-state index contributed by atoms with van der Waals surface area (Å²) in [6.45, 7) is 5.89. The van der Waals surface area contributed by atoms with Gasteiger partial charge in [-0.05, 0) is 38.0 Å². The molecular formula is C19H21N3. The van der Waals surface area contributed by atoms with E-state index in [2.05, 4.69) is 17.1 Å². The SMILES string of the molecule is C/C(=N/N=C(C)/C=C(\N)c1ccc(C)cc1)c1ccccc1. The molecule has 0 spiro atoms. The van der Waals surface area contributed by atoms with Gasteiger partial charge >= 0.3 is 0 Å². The van der Waals surface area contributed by atoms with Gasteiger partial charge in [0.1, 0.15) is 0 Å². The second kappa shape index (κ2) is 7.36. The molecule has 0 bridgehead atoms. The quantitative estimate of drug-likeness (QED) is 0.666. The van der Waals surface area contributed by atoms with Crippen molar-refractivity contribution >= 4 is 17.1 Å². The number of aryl methyl sites for hydroxylation is 1. The van der Waals surface area contributed by atoms with E-state index in [1.54, 1.807) is 0 Å². The molecule has 0 aromatic heterocycles. The number of benzene rings is 2. The Bertz CT molecular complexity index is 708. The lowest BCUT2D eigenvalue weighted by Crippen LogP contribution is -2.00. The topological polar surface area (TPSA) is 50.7 Å². The van der Waals surface area contributed by atoms with Crippen molar-refractivity contribution in [2.24, 2.45) is 15.9 Å². The normalized spacial score (nSPS) is 13.3. The highest BCUT2D eigenvalue weighted by Gasteiger charge is 1.98. The number of hydrogen-bond donors (Lipinski definition) is 1. The van der Waals surface area contributed by atoms with Gasteiger partial charge in [-0.2, -0.15) is 10.2 Å². The molecule has 0 heterocycles. The van der Waals surface area contributed by atoms with E-state index in [0.29, 0.717) is 5.70 Å². The van der Waals surface area contributed by atoms with E-state index < -0.39 is 0 Å². The third-order valence-corrected chi connectivity index (χ3v) is 3.30. The van der Waals surface area contributed by atoms with E-state index in [4.69, 9.17) is 5.73 Å². The van der Waals surface area contributed by atoms with E-state index in [1.165, 1.54) is 5.56 Å². The molecule has 22 heavy (non-hydrogen) atoms. The van der Waals surface area contributed by atoms with Gasteiger partial charge in [-0.15, -0.1) is 0 Å². The lowest BCUT2D eigenvalue weighted by Gasteiger charge is -2.02. The lowest BCUT2D eigenvalue weighted by atomic mass is 10.1.